The fourth-order valence-electron chi connectivity index (χ4n) is 3.54. The van der Waals surface area contributed by atoms with E-state index in [2.05, 4.69) is 17.1 Å². The lowest BCUT2D eigenvalue weighted by Gasteiger charge is -2.34. The van der Waals surface area contributed by atoms with Crippen LogP contribution in [0.25, 0.3) is 0 Å². The second-order valence-corrected chi connectivity index (χ2v) is 5.69. The summed E-state index contributed by atoms with van der Waals surface area (Å²) in [4.78, 5) is 13.9. The molecular formula is C16H20N2O2. The molecule has 0 amide bonds. The van der Waals surface area contributed by atoms with E-state index in [9.17, 15) is 10.1 Å². The molecule has 1 aromatic rings. The lowest BCUT2D eigenvalue weighted by molar-refractivity contribution is -0.533. The lowest BCUT2D eigenvalue weighted by atomic mass is 9.80. The van der Waals surface area contributed by atoms with E-state index >= 15 is 0 Å². The van der Waals surface area contributed by atoms with Gasteiger partial charge in [-0.2, -0.15) is 0 Å². The molecule has 3 atom stereocenters. The minimum absolute atomic E-state index is 0.0122. The van der Waals surface area contributed by atoms with Crippen LogP contribution in [0.4, 0.5) is 0 Å². The number of nitro groups is 1. The number of hydrogen-bond acceptors (Lipinski definition) is 3. The van der Waals surface area contributed by atoms with E-state index in [1.165, 1.54) is 0 Å². The Morgan fingerprint density at radius 3 is 2.50 bits per heavy atom. The summed E-state index contributed by atoms with van der Waals surface area (Å²) < 4.78 is 0. The van der Waals surface area contributed by atoms with Gasteiger partial charge in [-0.25, -0.2) is 0 Å². The van der Waals surface area contributed by atoms with Crippen LogP contribution < -0.4 is 0 Å². The van der Waals surface area contributed by atoms with Gasteiger partial charge in [0, 0.05) is 4.92 Å². The molecule has 0 bridgehead atoms. The van der Waals surface area contributed by atoms with E-state index in [1.54, 1.807) is 0 Å². The molecular weight excluding hydrogens is 252 g/mol. The topological polar surface area (TPSA) is 46.4 Å². The van der Waals surface area contributed by atoms with Crippen LogP contribution in [-0.2, 0) is 0 Å². The molecule has 0 unspecified atom stereocenters. The molecule has 0 N–H and O–H groups in total. The number of hydrogen-bond donors (Lipinski definition) is 0. The smallest absolute Gasteiger partial charge is 0.238 e. The highest BCUT2D eigenvalue weighted by molar-refractivity contribution is 5.25. The van der Waals surface area contributed by atoms with Crippen LogP contribution >= 0.6 is 0 Å². The fourth-order valence-corrected chi connectivity index (χ4v) is 3.54. The molecule has 20 heavy (non-hydrogen) atoms. The first-order chi connectivity index (χ1) is 9.77. The first kappa shape index (κ1) is 13.3. The maximum atomic E-state index is 11.7. The zero-order valence-electron chi connectivity index (χ0n) is 11.5. The molecule has 4 nitrogen and oxygen atoms in total. The molecule has 0 aromatic heterocycles. The van der Waals surface area contributed by atoms with Gasteiger partial charge in [0.25, 0.3) is 0 Å². The Morgan fingerprint density at radius 1 is 1.15 bits per heavy atom. The third-order valence-electron chi connectivity index (χ3n) is 4.52. The number of nitrogens with zero attached hydrogens (tertiary/aromatic N) is 2. The number of rotatable bonds is 3. The van der Waals surface area contributed by atoms with Crippen molar-refractivity contribution in [3.05, 3.63) is 58.2 Å². The summed E-state index contributed by atoms with van der Waals surface area (Å²) in [5.74, 6) is -0.0122. The van der Waals surface area contributed by atoms with Gasteiger partial charge in [-0.15, -0.1) is 0 Å². The molecule has 1 fully saturated rings. The van der Waals surface area contributed by atoms with Crippen LogP contribution in [0.3, 0.4) is 0 Å². The Balaban J connectivity index is 1.91. The van der Waals surface area contributed by atoms with Crippen molar-refractivity contribution in [3.8, 4) is 0 Å². The molecule has 1 heterocycles. The second kappa shape index (κ2) is 5.75. The highest BCUT2D eigenvalue weighted by atomic mass is 16.6. The van der Waals surface area contributed by atoms with Crippen LogP contribution in [0.2, 0.25) is 0 Å². The molecule has 1 aliphatic carbocycles. The minimum Gasteiger partial charge on any atom is -0.291 e. The third-order valence-corrected chi connectivity index (χ3v) is 4.52. The highest BCUT2D eigenvalue weighted by Crippen LogP contribution is 2.34. The number of benzene rings is 1. The van der Waals surface area contributed by atoms with Crippen molar-refractivity contribution in [3.63, 3.8) is 0 Å². The monoisotopic (exact) mass is 272 g/mol. The van der Waals surface area contributed by atoms with Crippen molar-refractivity contribution < 1.29 is 4.92 Å². The lowest BCUT2D eigenvalue weighted by Crippen LogP contribution is -2.49. The van der Waals surface area contributed by atoms with E-state index in [1.807, 2.05) is 30.3 Å². The van der Waals surface area contributed by atoms with Crippen LogP contribution in [0, 0.1) is 10.1 Å². The summed E-state index contributed by atoms with van der Waals surface area (Å²) in [7, 11) is 0. The first-order valence-electron chi connectivity index (χ1n) is 7.36. The molecule has 3 rings (SSSR count). The molecule has 1 aromatic carbocycles. The van der Waals surface area contributed by atoms with E-state index < -0.39 is 6.04 Å². The average Bonchev–Trinajstić information content (AvgIpc) is 3.01. The fraction of sp³-hybridized carbons (Fsp3) is 0.500. The zero-order chi connectivity index (χ0) is 13.9. The summed E-state index contributed by atoms with van der Waals surface area (Å²) in [6.07, 6.45) is 7.26. The third kappa shape index (κ3) is 2.48. The van der Waals surface area contributed by atoms with Gasteiger partial charge >= 0.3 is 0 Å². The number of likely N-dealkylation sites (tertiary alicyclic amines) is 1. The molecule has 2 aliphatic rings. The normalized spacial score (nSPS) is 30.5. The predicted molar refractivity (Wildman–Crippen MR) is 78.3 cm³/mol. The molecule has 0 radical (unpaired) electrons. The van der Waals surface area contributed by atoms with Crippen LogP contribution in [0.1, 0.15) is 30.7 Å². The maximum absolute atomic E-state index is 11.7. The Labute approximate surface area is 119 Å². The summed E-state index contributed by atoms with van der Waals surface area (Å²) in [5.41, 5.74) is 1.09. The summed E-state index contributed by atoms with van der Waals surface area (Å²) in [6.45, 7) is 1.97. The quantitative estimate of drug-likeness (QED) is 0.483. The second-order valence-electron chi connectivity index (χ2n) is 5.69. The average molecular weight is 272 g/mol. The molecule has 1 saturated heterocycles. The zero-order valence-corrected chi connectivity index (χ0v) is 11.5. The summed E-state index contributed by atoms with van der Waals surface area (Å²) in [6, 6.07) is 9.35. The van der Waals surface area contributed by atoms with Gasteiger partial charge in [0.2, 0.25) is 6.04 Å². The standard InChI is InChI=1S/C16H20N2O2/c19-18(20)16-14(13-7-2-1-3-8-13)9-6-10-15(16)17-11-4-5-12-17/h1-3,6-8,10,14-16H,4-5,9,11-12H2/t14-,15-,16-/m1/s1. The van der Waals surface area contributed by atoms with E-state index in [4.69, 9.17) is 0 Å². The first-order valence-corrected chi connectivity index (χ1v) is 7.36. The maximum Gasteiger partial charge on any atom is 0.238 e. The van der Waals surface area contributed by atoms with Gasteiger partial charge in [0.1, 0.15) is 0 Å². The van der Waals surface area contributed by atoms with Crippen molar-refractivity contribution in [2.24, 2.45) is 0 Å². The predicted octanol–water partition coefficient (Wildman–Crippen LogP) is 2.84. The summed E-state index contributed by atoms with van der Waals surface area (Å²) >= 11 is 0. The largest absolute Gasteiger partial charge is 0.291 e. The van der Waals surface area contributed by atoms with Gasteiger partial charge < -0.3 is 0 Å². The highest BCUT2D eigenvalue weighted by Gasteiger charge is 2.43. The minimum atomic E-state index is -0.527. The van der Waals surface area contributed by atoms with Crippen LogP contribution in [0.5, 0.6) is 0 Å². The Kier molecular flexibility index (Phi) is 3.83. The van der Waals surface area contributed by atoms with Gasteiger partial charge in [-0.3, -0.25) is 15.0 Å². The van der Waals surface area contributed by atoms with Crippen molar-refractivity contribution >= 4 is 0 Å². The Hall–Kier alpha value is -1.68. The van der Waals surface area contributed by atoms with E-state index in [0.717, 1.165) is 37.9 Å². The molecule has 4 heteroatoms. The van der Waals surface area contributed by atoms with Crippen molar-refractivity contribution in [2.75, 3.05) is 13.1 Å². The van der Waals surface area contributed by atoms with Crippen LogP contribution in [-0.4, -0.2) is 35.0 Å². The number of allylic oxidation sites excluding steroid dienone is 1. The Bertz CT molecular complexity index is 494. The van der Waals surface area contributed by atoms with Gasteiger partial charge in [0.15, 0.2) is 0 Å². The molecule has 1 aliphatic heterocycles. The Morgan fingerprint density at radius 2 is 1.85 bits per heavy atom. The van der Waals surface area contributed by atoms with E-state index in [0.29, 0.717) is 0 Å². The molecule has 106 valence electrons. The molecule has 0 saturated carbocycles. The van der Waals surface area contributed by atoms with Crippen molar-refractivity contribution in [1.29, 1.82) is 0 Å². The van der Waals surface area contributed by atoms with Crippen molar-refractivity contribution in [1.82, 2.24) is 4.90 Å². The summed E-state index contributed by atoms with van der Waals surface area (Å²) in [5, 5.41) is 11.7. The molecule has 0 spiro atoms. The van der Waals surface area contributed by atoms with Gasteiger partial charge in [-0.1, -0.05) is 42.5 Å². The van der Waals surface area contributed by atoms with Crippen LogP contribution in [0.15, 0.2) is 42.5 Å². The van der Waals surface area contributed by atoms with E-state index in [-0.39, 0.29) is 16.9 Å². The van der Waals surface area contributed by atoms with Gasteiger partial charge in [0.05, 0.1) is 12.0 Å². The van der Waals surface area contributed by atoms with Crippen molar-refractivity contribution in [2.45, 2.75) is 37.3 Å². The SMILES string of the molecule is O=[N+]([O-])[C@@H]1[C@@H](c2ccccc2)CC=C[C@H]1N1CCCC1. The van der Waals surface area contributed by atoms with Gasteiger partial charge in [-0.05, 0) is 37.9 Å².